The van der Waals surface area contributed by atoms with Gasteiger partial charge in [0.1, 0.15) is 5.82 Å². The number of halogens is 1. The van der Waals surface area contributed by atoms with Gasteiger partial charge in [0.2, 0.25) is 10.0 Å². The first-order valence-corrected chi connectivity index (χ1v) is 11.0. The minimum absolute atomic E-state index is 0.136. The van der Waals surface area contributed by atoms with Gasteiger partial charge in [-0.1, -0.05) is 31.0 Å². The Balaban J connectivity index is 1.76. The van der Waals surface area contributed by atoms with E-state index in [1.165, 1.54) is 28.6 Å². The van der Waals surface area contributed by atoms with Gasteiger partial charge in [0.25, 0.3) is 5.91 Å². The minimum atomic E-state index is -3.62. The van der Waals surface area contributed by atoms with Crippen molar-refractivity contribution in [2.75, 3.05) is 13.1 Å². The van der Waals surface area contributed by atoms with Crippen LogP contribution in [0.2, 0.25) is 0 Å². The lowest BCUT2D eigenvalue weighted by Crippen LogP contribution is -2.32. The monoisotopic (exact) mass is 404 g/mol. The van der Waals surface area contributed by atoms with Crippen LogP contribution in [0.4, 0.5) is 4.39 Å². The average molecular weight is 405 g/mol. The van der Waals surface area contributed by atoms with Crippen LogP contribution < -0.4 is 5.32 Å². The second-order valence-corrected chi connectivity index (χ2v) is 9.03. The highest BCUT2D eigenvalue weighted by Crippen LogP contribution is 2.21. The molecule has 0 aliphatic carbocycles. The summed E-state index contributed by atoms with van der Waals surface area (Å²) in [6, 6.07) is 11.7. The summed E-state index contributed by atoms with van der Waals surface area (Å²) < 4.78 is 40.5. The number of amides is 1. The molecular weight excluding hydrogens is 379 g/mol. The largest absolute Gasteiger partial charge is 0.346 e. The molecule has 0 bridgehead atoms. The number of nitrogens with one attached hydrogen (secondary N) is 1. The summed E-state index contributed by atoms with van der Waals surface area (Å²) in [5.41, 5.74) is 1.05. The van der Waals surface area contributed by atoms with Crippen molar-refractivity contribution in [2.45, 2.75) is 43.5 Å². The normalized spacial score (nSPS) is 16.9. The predicted molar refractivity (Wildman–Crippen MR) is 106 cm³/mol. The Hall–Kier alpha value is -2.25. The maximum absolute atomic E-state index is 13.1. The third kappa shape index (κ3) is 4.77. The summed E-state index contributed by atoms with van der Waals surface area (Å²) in [7, 11) is -3.62. The van der Waals surface area contributed by atoms with Crippen LogP contribution in [0.25, 0.3) is 0 Å². The van der Waals surface area contributed by atoms with E-state index in [0.29, 0.717) is 13.1 Å². The van der Waals surface area contributed by atoms with E-state index in [0.717, 1.165) is 31.2 Å². The summed E-state index contributed by atoms with van der Waals surface area (Å²) in [5.74, 6) is -0.710. The third-order valence-corrected chi connectivity index (χ3v) is 6.91. The van der Waals surface area contributed by atoms with E-state index in [-0.39, 0.29) is 28.2 Å². The lowest BCUT2D eigenvalue weighted by molar-refractivity contribution is 0.0939. The number of nitrogens with zero attached hydrogens (tertiary/aromatic N) is 1. The van der Waals surface area contributed by atoms with Gasteiger partial charge in [0.15, 0.2) is 0 Å². The zero-order chi connectivity index (χ0) is 20.1. The SMILES string of the molecule is CC(NC(=O)c1cccc(S(=O)(=O)N2CCCCCC2)c1)c1ccc(F)cc1. The van der Waals surface area contributed by atoms with Gasteiger partial charge in [-0.25, -0.2) is 12.8 Å². The predicted octanol–water partition coefficient (Wildman–Crippen LogP) is 3.88. The topological polar surface area (TPSA) is 66.5 Å². The molecule has 1 saturated heterocycles. The molecule has 0 saturated carbocycles. The van der Waals surface area contributed by atoms with E-state index in [1.54, 1.807) is 31.2 Å². The van der Waals surface area contributed by atoms with E-state index in [1.807, 2.05) is 0 Å². The fraction of sp³-hybridized carbons (Fsp3) is 0.381. The Morgan fingerprint density at radius 3 is 2.32 bits per heavy atom. The van der Waals surface area contributed by atoms with Crippen LogP contribution >= 0.6 is 0 Å². The summed E-state index contributed by atoms with van der Waals surface area (Å²) in [4.78, 5) is 12.7. The zero-order valence-corrected chi connectivity index (χ0v) is 16.7. The summed E-state index contributed by atoms with van der Waals surface area (Å²) >= 11 is 0. The third-order valence-electron chi connectivity index (χ3n) is 5.02. The van der Waals surface area contributed by atoms with Crippen LogP contribution in [0.5, 0.6) is 0 Å². The van der Waals surface area contributed by atoms with Crippen LogP contribution in [0.15, 0.2) is 53.4 Å². The number of carbonyl (C=O) groups excluding carboxylic acids is 1. The van der Waals surface area contributed by atoms with Crippen LogP contribution in [0.3, 0.4) is 0 Å². The molecule has 0 aromatic heterocycles. The molecule has 1 heterocycles. The minimum Gasteiger partial charge on any atom is -0.346 e. The number of sulfonamides is 1. The molecule has 1 amide bonds. The van der Waals surface area contributed by atoms with Gasteiger partial charge in [-0.05, 0) is 55.7 Å². The first-order chi connectivity index (χ1) is 13.4. The van der Waals surface area contributed by atoms with E-state index < -0.39 is 10.0 Å². The van der Waals surface area contributed by atoms with Crippen molar-refractivity contribution in [2.24, 2.45) is 0 Å². The Morgan fingerprint density at radius 1 is 1.04 bits per heavy atom. The Labute approximate surface area is 165 Å². The maximum Gasteiger partial charge on any atom is 0.251 e. The number of hydrogen-bond donors (Lipinski definition) is 1. The number of carbonyl (C=O) groups is 1. The second kappa shape index (κ2) is 8.84. The molecule has 1 N–H and O–H groups in total. The van der Waals surface area contributed by atoms with Crippen molar-refractivity contribution in [3.05, 3.63) is 65.5 Å². The summed E-state index contributed by atoms with van der Waals surface area (Å²) in [6.07, 6.45) is 3.79. The molecule has 150 valence electrons. The molecule has 0 radical (unpaired) electrons. The Kier molecular flexibility index (Phi) is 6.46. The van der Waals surface area contributed by atoms with Crippen molar-refractivity contribution in [1.82, 2.24) is 9.62 Å². The molecular formula is C21H25FN2O3S. The smallest absolute Gasteiger partial charge is 0.251 e. The zero-order valence-electron chi connectivity index (χ0n) is 15.9. The quantitative estimate of drug-likeness (QED) is 0.822. The summed E-state index contributed by atoms with van der Waals surface area (Å²) in [6.45, 7) is 2.82. The van der Waals surface area contributed by atoms with Gasteiger partial charge < -0.3 is 5.32 Å². The molecule has 1 aliphatic rings. The van der Waals surface area contributed by atoms with E-state index in [2.05, 4.69) is 5.32 Å². The highest BCUT2D eigenvalue weighted by Gasteiger charge is 2.26. The molecule has 0 spiro atoms. The molecule has 1 atom stereocenters. The molecule has 1 fully saturated rings. The van der Waals surface area contributed by atoms with Crippen LogP contribution in [-0.2, 0) is 10.0 Å². The highest BCUT2D eigenvalue weighted by atomic mass is 32.2. The first-order valence-electron chi connectivity index (χ1n) is 9.54. The lowest BCUT2D eigenvalue weighted by atomic mass is 10.1. The molecule has 3 rings (SSSR count). The fourth-order valence-electron chi connectivity index (χ4n) is 3.34. The van der Waals surface area contributed by atoms with Crippen molar-refractivity contribution in [3.8, 4) is 0 Å². The van der Waals surface area contributed by atoms with Crippen LogP contribution in [0, 0.1) is 5.82 Å². The van der Waals surface area contributed by atoms with Crippen LogP contribution in [-0.4, -0.2) is 31.7 Å². The van der Waals surface area contributed by atoms with Crippen LogP contribution in [0.1, 0.15) is 54.6 Å². The van der Waals surface area contributed by atoms with Gasteiger partial charge in [0, 0.05) is 18.7 Å². The van der Waals surface area contributed by atoms with Crippen molar-refractivity contribution >= 4 is 15.9 Å². The van der Waals surface area contributed by atoms with Crippen molar-refractivity contribution < 1.29 is 17.6 Å². The molecule has 2 aromatic rings. The molecule has 2 aromatic carbocycles. The van der Waals surface area contributed by atoms with Gasteiger partial charge in [-0.15, -0.1) is 0 Å². The number of hydrogen-bond acceptors (Lipinski definition) is 3. The van der Waals surface area contributed by atoms with Gasteiger partial charge in [-0.2, -0.15) is 4.31 Å². The molecule has 1 aliphatic heterocycles. The van der Waals surface area contributed by atoms with Gasteiger partial charge in [0.05, 0.1) is 10.9 Å². The van der Waals surface area contributed by atoms with E-state index in [4.69, 9.17) is 0 Å². The molecule has 1 unspecified atom stereocenters. The van der Waals surface area contributed by atoms with E-state index >= 15 is 0 Å². The Morgan fingerprint density at radius 2 is 1.68 bits per heavy atom. The molecule has 5 nitrogen and oxygen atoms in total. The summed E-state index contributed by atoms with van der Waals surface area (Å²) in [5, 5.41) is 2.83. The van der Waals surface area contributed by atoms with Crippen molar-refractivity contribution in [3.63, 3.8) is 0 Å². The van der Waals surface area contributed by atoms with Gasteiger partial charge >= 0.3 is 0 Å². The number of rotatable bonds is 5. The van der Waals surface area contributed by atoms with Crippen molar-refractivity contribution in [1.29, 1.82) is 0 Å². The molecule has 7 heteroatoms. The second-order valence-electron chi connectivity index (χ2n) is 7.09. The maximum atomic E-state index is 13.1. The standard InChI is InChI=1S/C21H25FN2O3S/c1-16(17-9-11-19(22)12-10-17)23-21(25)18-7-6-8-20(15-18)28(26,27)24-13-4-2-3-5-14-24/h6-12,15-16H,2-5,13-14H2,1H3,(H,23,25). The van der Waals surface area contributed by atoms with Gasteiger partial charge in [-0.3, -0.25) is 4.79 Å². The first kappa shape index (κ1) is 20.5. The fourth-order valence-corrected chi connectivity index (χ4v) is 4.91. The van der Waals surface area contributed by atoms with E-state index in [9.17, 15) is 17.6 Å². The lowest BCUT2D eigenvalue weighted by Gasteiger charge is -2.20. The Bertz CT molecular complexity index is 921. The highest BCUT2D eigenvalue weighted by molar-refractivity contribution is 7.89. The average Bonchev–Trinajstić information content (AvgIpc) is 2.98. The molecule has 28 heavy (non-hydrogen) atoms. The number of benzene rings is 2.